The van der Waals surface area contributed by atoms with Crippen LogP contribution < -0.4 is 10.5 Å². The van der Waals surface area contributed by atoms with Gasteiger partial charge in [-0.1, -0.05) is 6.07 Å². The maximum Gasteiger partial charge on any atom is 0.254 e. The Morgan fingerprint density at radius 1 is 1.38 bits per heavy atom. The number of carbonyl (C=O) groups is 1. The van der Waals surface area contributed by atoms with E-state index < -0.39 is 0 Å². The molecule has 1 amide bonds. The Balaban J connectivity index is 1.91. The smallest absolute Gasteiger partial charge is 0.254 e. The Labute approximate surface area is 126 Å². The molecule has 0 radical (unpaired) electrons. The fraction of sp³-hybridized carbons (Fsp3) is 0.588. The maximum absolute atomic E-state index is 12.9. The lowest BCUT2D eigenvalue weighted by molar-refractivity contribution is 0.0734. The van der Waals surface area contributed by atoms with E-state index in [4.69, 9.17) is 10.5 Å². The van der Waals surface area contributed by atoms with Gasteiger partial charge in [-0.3, -0.25) is 4.79 Å². The molecular weight excluding hydrogens is 264 g/mol. The molecule has 3 rings (SSSR count). The largest absolute Gasteiger partial charge is 0.496 e. The van der Waals surface area contributed by atoms with E-state index in [2.05, 4.69) is 0 Å². The monoisotopic (exact) mass is 288 g/mol. The van der Waals surface area contributed by atoms with Crippen molar-refractivity contribution in [2.45, 2.75) is 39.2 Å². The average Bonchev–Trinajstić information content (AvgIpc) is 3.10. The first-order valence-electron chi connectivity index (χ1n) is 7.66. The van der Waals surface area contributed by atoms with Gasteiger partial charge in [-0.15, -0.1) is 0 Å². The summed E-state index contributed by atoms with van der Waals surface area (Å²) in [6, 6.07) is 4.08. The predicted molar refractivity (Wildman–Crippen MR) is 82.6 cm³/mol. The SMILES string of the molecule is COc1cc(C(=O)N2CC3(CC3)CC2CN)c(C)cc1C. The van der Waals surface area contributed by atoms with E-state index in [0.29, 0.717) is 12.0 Å². The summed E-state index contributed by atoms with van der Waals surface area (Å²) in [5.74, 6) is 0.874. The molecule has 0 aromatic heterocycles. The average molecular weight is 288 g/mol. The molecule has 1 heterocycles. The van der Waals surface area contributed by atoms with Crippen LogP contribution in [0, 0.1) is 19.3 Å². The Bertz CT molecular complexity index is 578. The van der Waals surface area contributed by atoms with E-state index in [9.17, 15) is 4.79 Å². The first-order valence-corrected chi connectivity index (χ1v) is 7.66. The minimum Gasteiger partial charge on any atom is -0.496 e. The van der Waals surface area contributed by atoms with E-state index in [1.54, 1.807) is 7.11 Å². The number of ether oxygens (including phenoxy) is 1. The Kier molecular flexibility index (Phi) is 3.44. The van der Waals surface area contributed by atoms with Gasteiger partial charge in [-0.05, 0) is 55.7 Å². The van der Waals surface area contributed by atoms with E-state index in [0.717, 1.165) is 35.4 Å². The molecule has 1 saturated heterocycles. The van der Waals surface area contributed by atoms with E-state index in [1.165, 1.54) is 12.8 Å². The number of rotatable bonds is 3. The normalized spacial score (nSPS) is 22.7. The lowest BCUT2D eigenvalue weighted by Crippen LogP contribution is -2.40. The zero-order valence-electron chi connectivity index (χ0n) is 13.1. The summed E-state index contributed by atoms with van der Waals surface area (Å²) in [6.07, 6.45) is 3.55. The van der Waals surface area contributed by atoms with Gasteiger partial charge in [-0.25, -0.2) is 0 Å². The standard InChI is InChI=1S/C17H24N2O2/c1-11-6-12(2)15(21-3)7-14(11)16(20)19-10-17(4-5-17)8-13(19)9-18/h6-7,13H,4-5,8-10,18H2,1-3H3. The van der Waals surface area contributed by atoms with Crippen LogP contribution in [0.5, 0.6) is 5.75 Å². The highest BCUT2D eigenvalue weighted by molar-refractivity contribution is 5.96. The van der Waals surface area contributed by atoms with Crippen LogP contribution in [-0.2, 0) is 0 Å². The molecule has 2 aliphatic rings. The van der Waals surface area contributed by atoms with Crippen molar-refractivity contribution in [3.05, 3.63) is 28.8 Å². The third kappa shape index (κ3) is 2.42. The van der Waals surface area contributed by atoms with Crippen molar-refractivity contribution >= 4 is 5.91 Å². The summed E-state index contributed by atoms with van der Waals surface area (Å²) in [6.45, 7) is 5.40. The second-order valence-electron chi connectivity index (χ2n) is 6.66. The van der Waals surface area contributed by atoms with Crippen molar-refractivity contribution in [3.8, 4) is 5.75 Å². The van der Waals surface area contributed by atoms with Crippen LogP contribution in [0.25, 0.3) is 0 Å². The number of amides is 1. The number of aryl methyl sites for hydroxylation is 2. The van der Waals surface area contributed by atoms with Gasteiger partial charge in [0.05, 0.1) is 7.11 Å². The van der Waals surface area contributed by atoms with Gasteiger partial charge in [0.2, 0.25) is 0 Å². The summed E-state index contributed by atoms with van der Waals surface area (Å²) in [7, 11) is 1.64. The minimum absolute atomic E-state index is 0.102. The number of nitrogens with two attached hydrogens (primary N) is 1. The number of benzene rings is 1. The second kappa shape index (κ2) is 5.02. The number of hydrogen-bond donors (Lipinski definition) is 1. The van der Waals surface area contributed by atoms with Crippen molar-refractivity contribution in [2.75, 3.05) is 20.2 Å². The van der Waals surface area contributed by atoms with Crippen LogP contribution in [0.1, 0.15) is 40.7 Å². The molecule has 21 heavy (non-hydrogen) atoms. The van der Waals surface area contributed by atoms with Crippen molar-refractivity contribution in [1.82, 2.24) is 4.90 Å². The van der Waals surface area contributed by atoms with Crippen LogP contribution in [0.2, 0.25) is 0 Å². The van der Waals surface area contributed by atoms with Crippen LogP contribution in [0.4, 0.5) is 0 Å². The lowest BCUT2D eigenvalue weighted by Gasteiger charge is -2.24. The van der Waals surface area contributed by atoms with E-state index >= 15 is 0 Å². The van der Waals surface area contributed by atoms with Gasteiger partial charge in [0.15, 0.2) is 0 Å². The van der Waals surface area contributed by atoms with Gasteiger partial charge in [0, 0.05) is 24.7 Å². The Hall–Kier alpha value is -1.55. The Morgan fingerprint density at radius 3 is 2.67 bits per heavy atom. The van der Waals surface area contributed by atoms with Gasteiger partial charge in [0.1, 0.15) is 5.75 Å². The van der Waals surface area contributed by atoms with Gasteiger partial charge in [-0.2, -0.15) is 0 Å². The molecule has 1 unspecified atom stereocenters. The molecular formula is C17H24N2O2. The van der Waals surface area contributed by atoms with Crippen molar-refractivity contribution < 1.29 is 9.53 Å². The van der Waals surface area contributed by atoms with Crippen molar-refractivity contribution in [2.24, 2.45) is 11.1 Å². The zero-order valence-corrected chi connectivity index (χ0v) is 13.1. The molecule has 4 heteroatoms. The summed E-state index contributed by atoms with van der Waals surface area (Å²) in [5, 5.41) is 0. The second-order valence-corrected chi connectivity index (χ2v) is 6.66. The molecule has 4 nitrogen and oxygen atoms in total. The van der Waals surface area contributed by atoms with Crippen LogP contribution in [0.15, 0.2) is 12.1 Å². The summed E-state index contributed by atoms with van der Waals surface area (Å²) < 4.78 is 5.36. The number of nitrogens with zero attached hydrogens (tertiary/aromatic N) is 1. The number of methoxy groups -OCH3 is 1. The zero-order chi connectivity index (χ0) is 15.2. The molecule has 1 aliphatic carbocycles. The molecule has 1 aromatic rings. The van der Waals surface area contributed by atoms with Crippen LogP contribution in [0.3, 0.4) is 0 Å². The number of carbonyl (C=O) groups excluding carboxylic acids is 1. The van der Waals surface area contributed by atoms with E-state index in [1.807, 2.05) is 30.9 Å². The predicted octanol–water partition coefficient (Wildman–Crippen LogP) is 2.27. The third-order valence-corrected chi connectivity index (χ3v) is 5.08. The molecule has 1 spiro atoms. The molecule has 2 N–H and O–H groups in total. The fourth-order valence-corrected chi connectivity index (χ4v) is 3.59. The number of hydrogen-bond acceptors (Lipinski definition) is 3. The van der Waals surface area contributed by atoms with Gasteiger partial charge in [0.25, 0.3) is 5.91 Å². The molecule has 1 aliphatic heterocycles. The molecule has 0 bridgehead atoms. The fourth-order valence-electron chi connectivity index (χ4n) is 3.59. The topological polar surface area (TPSA) is 55.6 Å². The van der Waals surface area contributed by atoms with Gasteiger partial charge >= 0.3 is 0 Å². The quantitative estimate of drug-likeness (QED) is 0.928. The van der Waals surface area contributed by atoms with Crippen molar-refractivity contribution in [3.63, 3.8) is 0 Å². The molecule has 1 atom stereocenters. The highest BCUT2D eigenvalue weighted by Crippen LogP contribution is 2.54. The highest BCUT2D eigenvalue weighted by Gasteiger charge is 2.52. The molecule has 114 valence electrons. The Morgan fingerprint density at radius 2 is 2.10 bits per heavy atom. The van der Waals surface area contributed by atoms with Crippen LogP contribution >= 0.6 is 0 Å². The van der Waals surface area contributed by atoms with Gasteiger partial charge < -0.3 is 15.4 Å². The first kappa shape index (κ1) is 14.4. The molecule has 1 aromatic carbocycles. The number of likely N-dealkylation sites (tertiary alicyclic amines) is 1. The van der Waals surface area contributed by atoms with E-state index in [-0.39, 0.29) is 11.9 Å². The highest BCUT2D eigenvalue weighted by atomic mass is 16.5. The summed E-state index contributed by atoms with van der Waals surface area (Å²) in [5.41, 5.74) is 9.07. The summed E-state index contributed by atoms with van der Waals surface area (Å²) >= 11 is 0. The van der Waals surface area contributed by atoms with Crippen molar-refractivity contribution in [1.29, 1.82) is 0 Å². The first-order chi connectivity index (χ1) is 9.99. The summed E-state index contributed by atoms with van der Waals surface area (Å²) in [4.78, 5) is 14.9. The molecule has 2 fully saturated rings. The van der Waals surface area contributed by atoms with Crippen LogP contribution in [-0.4, -0.2) is 37.0 Å². The maximum atomic E-state index is 12.9. The minimum atomic E-state index is 0.102. The molecule has 1 saturated carbocycles. The third-order valence-electron chi connectivity index (χ3n) is 5.08. The lowest BCUT2D eigenvalue weighted by atomic mass is 10.0.